The van der Waals surface area contributed by atoms with Gasteiger partial charge in [0.2, 0.25) is 5.91 Å². The number of piperidine rings is 1. The Morgan fingerprint density at radius 3 is 2.67 bits per heavy atom. The summed E-state index contributed by atoms with van der Waals surface area (Å²) in [5.74, 6) is 0.474. The first-order valence-electron chi connectivity index (χ1n) is 9.82. The zero-order valence-corrected chi connectivity index (χ0v) is 18.1. The third-order valence-electron chi connectivity index (χ3n) is 5.07. The highest BCUT2D eigenvalue weighted by Crippen LogP contribution is 2.28. The molecule has 1 aliphatic heterocycles. The molecular weight excluding hydrogens is 406 g/mol. The smallest absolute Gasteiger partial charge is 0.254 e. The maximum absolute atomic E-state index is 12.9. The Hall–Kier alpha value is -2.64. The summed E-state index contributed by atoms with van der Waals surface area (Å²) in [6, 6.07) is 6.81. The number of pyridine rings is 1. The van der Waals surface area contributed by atoms with Crippen molar-refractivity contribution in [2.45, 2.75) is 39.2 Å². The van der Waals surface area contributed by atoms with Gasteiger partial charge in [-0.05, 0) is 62.1 Å². The van der Waals surface area contributed by atoms with Crippen LogP contribution in [0, 0.1) is 13.8 Å². The molecule has 160 valence electrons. The molecule has 0 radical (unpaired) electrons. The summed E-state index contributed by atoms with van der Waals surface area (Å²) in [5, 5.41) is 14.3. The lowest BCUT2D eigenvalue weighted by atomic mass is 9.93. The van der Waals surface area contributed by atoms with Crippen LogP contribution in [-0.4, -0.2) is 52.1 Å². The highest BCUT2D eigenvalue weighted by atomic mass is 35.5. The van der Waals surface area contributed by atoms with Crippen molar-refractivity contribution >= 4 is 29.2 Å². The fraction of sp³-hybridized carbons (Fsp3) is 0.409. The molecule has 0 spiro atoms. The van der Waals surface area contributed by atoms with Crippen LogP contribution < -0.4 is 10.1 Å². The molecule has 1 atom stereocenters. The molecule has 0 saturated carbocycles. The minimum atomic E-state index is -1.15. The monoisotopic (exact) mass is 431 g/mol. The maximum Gasteiger partial charge on any atom is 0.254 e. The molecule has 2 heterocycles. The number of aryl methyl sites for hydroxylation is 2. The van der Waals surface area contributed by atoms with E-state index in [1.54, 1.807) is 11.0 Å². The van der Waals surface area contributed by atoms with Gasteiger partial charge in [0.05, 0.1) is 6.54 Å². The third kappa shape index (κ3) is 5.29. The molecule has 2 aromatic rings. The van der Waals surface area contributed by atoms with Gasteiger partial charge in [-0.15, -0.1) is 0 Å². The standard InChI is InChI=1S/C22H26ClN3O4/c1-14-9-18(10-15(2)20(14)23)30-13-22(29)6-4-8-26(12-22)21(28)17-5-7-24-19(11-17)25-16(3)27/h5,7,9-11,29H,4,6,8,12-13H2,1-3H3,(H,24,25,27). The second-order valence-electron chi connectivity index (χ2n) is 7.83. The van der Waals surface area contributed by atoms with Crippen LogP contribution in [0.4, 0.5) is 5.82 Å². The van der Waals surface area contributed by atoms with Crippen LogP contribution in [0.1, 0.15) is 41.3 Å². The lowest BCUT2D eigenvalue weighted by molar-refractivity contribution is -0.114. The van der Waals surface area contributed by atoms with Gasteiger partial charge >= 0.3 is 0 Å². The highest BCUT2D eigenvalue weighted by Gasteiger charge is 2.36. The van der Waals surface area contributed by atoms with E-state index in [9.17, 15) is 14.7 Å². The van der Waals surface area contributed by atoms with Gasteiger partial charge < -0.3 is 20.1 Å². The Balaban J connectivity index is 1.68. The molecule has 1 saturated heterocycles. The molecule has 30 heavy (non-hydrogen) atoms. The molecule has 1 unspecified atom stereocenters. The molecule has 2 N–H and O–H groups in total. The largest absolute Gasteiger partial charge is 0.491 e. The summed E-state index contributed by atoms with van der Waals surface area (Å²) < 4.78 is 5.86. The molecule has 8 heteroatoms. The molecule has 1 aromatic heterocycles. The van der Waals surface area contributed by atoms with E-state index >= 15 is 0 Å². The van der Waals surface area contributed by atoms with Gasteiger partial charge in [-0.1, -0.05) is 11.6 Å². The number of amides is 2. The predicted octanol–water partition coefficient (Wildman–Crippen LogP) is 3.36. The molecule has 1 aromatic carbocycles. The van der Waals surface area contributed by atoms with Gasteiger partial charge in [0.25, 0.3) is 5.91 Å². The summed E-state index contributed by atoms with van der Waals surface area (Å²) >= 11 is 6.20. The number of benzene rings is 1. The number of carbonyl (C=O) groups excluding carboxylic acids is 2. The second-order valence-corrected chi connectivity index (χ2v) is 8.20. The average Bonchev–Trinajstić information content (AvgIpc) is 2.69. The molecule has 7 nitrogen and oxygen atoms in total. The van der Waals surface area contributed by atoms with Gasteiger partial charge in [-0.25, -0.2) is 4.98 Å². The highest BCUT2D eigenvalue weighted by molar-refractivity contribution is 6.32. The van der Waals surface area contributed by atoms with Crippen LogP contribution in [0.15, 0.2) is 30.5 Å². The van der Waals surface area contributed by atoms with Crippen molar-refractivity contribution in [1.29, 1.82) is 0 Å². The summed E-state index contributed by atoms with van der Waals surface area (Å²) in [7, 11) is 0. The zero-order chi connectivity index (χ0) is 21.9. The van der Waals surface area contributed by atoms with Crippen molar-refractivity contribution in [3.05, 3.63) is 52.2 Å². The number of hydrogen-bond acceptors (Lipinski definition) is 5. The van der Waals surface area contributed by atoms with Gasteiger partial charge in [-0.3, -0.25) is 9.59 Å². The number of nitrogens with one attached hydrogen (secondary N) is 1. The Labute approximate surface area is 181 Å². The number of carbonyl (C=O) groups is 2. The van der Waals surface area contributed by atoms with Crippen LogP contribution in [0.25, 0.3) is 0 Å². The number of hydrogen-bond donors (Lipinski definition) is 2. The second kappa shape index (κ2) is 9.02. The van der Waals surface area contributed by atoms with Crippen molar-refractivity contribution in [3.8, 4) is 5.75 Å². The van der Waals surface area contributed by atoms with E-state index in [1.807, 2.05) is 26.0 Å². The first-order chi connectivity index (χ1) is 14.2. The molecule has 2 amide bonds. The van der Waals surface area contributed by atoms with E-state index in [2.05, 4.69) is 10.3 Å². The fourth-order valence-electron chi connectivity index (χ4n) is 3.61. The van der Waals surface area contributed by atoms with Crippen molar-refractivity contribution in [3.63, 3.8) is 0 Å². The van der Waals surface area contributed by atoms with E-state index in [1.165, 1.54) is 19.2 Å². The molecule has 0 bridgehead atoms. The topological polar surface area (TPSA) is 91.8 Å². The van der Waals surface area contributed by atoms with Crippen LogP contribution >= 0.6 is 11.6 Å². The molecule has 1 aliphatic rings. The minimum Gasteiger partial charge on any atom is -0.491 e. The Bertz CT molecular complexity index is 942. The van der Waals surface area contributed by atoms with Gasteiger partial charge in [0.15, 0.2) is 0 Å². The van der Waals surface area contributed by atoms with Crippen LogP contribution in [0.5, 0.6) is 5.75 Å². The summed E-state index contributed by atoms with van der Waals surface area (Å²) in [4.78, 5) is 29.8. The van der Waals surface area contributed by atoms with E-state index in [-0.39, 0.29) is 25.0 Å². The van der Waals surface area contributed by atoms with Crippen molar-refractivity contribution < 1.29 is 19.4 Å². The number of likely N-dealkylation sites (tertiary alicyclic amines) is 1. The third-order valence-corrected chi connectivity index (χ3v) is 5.67. The van der Waals surface area contributed by atoms with Gasteiger partial charge in [0, 0.05) is 30.3 Å². The van der Waals surface area contributed by atoms with E-state index < -0.39 is 5.60 Å². The summed E-state index contributed by atoms with van der Waals surface area (Å²) in [5.41, 5.74) is 1.07. The number of aromatic nitrogens is 1. The van der Waals surface area contributed by atoms with Crippen molar-refractivity contribution in [1.82, 2.24) is 9.88 Å². The van der Waals surface area contributed by atoms with E-state index in [4.69, 9.17) is 16.3 Å². The number of anilines is 1. The Kier molecular flexibility index (Phi) is 6.63. The first kappa shape index (κ1) is 22.1. The Morgan fingerprint density at radius 2 is 2.00 bits per heavy atom. The van der Waals surface area contributed by atoms with Crippen LogP contribution in [0.2, 0.25) is 5.02 Å². The lowest BCUT2D eigenvalue weighted by Gasteiger charge is -2.39. The molecule has 3 rings (SSSR count). The van der Waals surface area contributed by atoms with Crippen molar-refractivity contribution in [2.75, 3.05) is 25.0 Å². The predicted molar refractivity (Wildman–Crippen MR) is 115 cm³/mol. The molecule has 1 fully saturated rings. The number of rotatable bonds is 5. The van der Waals surface area contributed by atoms with Crippen molar-refractivity contribution in [2.24, 2.45) is 0 Å². The maximum atomic E-state index is 12.9. The van der Waals surface area contributed by atoms with Gasteiger partial charge in [-0.2, -0.15) is 0 Å². The van der Waals surface area contributed by atoms with Crippen LogP contribution in [0.3, 0.4) is 0 Å². The summed E-state index contributed by atoms with van der Waals surface area (Å²) in [6.45, 7) is 5.96. The first-order valence-corrected chi connectivity index (χ1v) is 10.2. The zero-order valence-electron chi connectivity index (χ0n) is 17.4. The quantitative estimate of drug-likeness (QED) is 0.757. The number of nitrogens with zero attached hydrogens (tertiary/aromatic N) is 2. The number of aliphatic hydroxyl groups is 1. The normalized spacial score (nSPS) is 18.8. The SMILES string of the molecule is CC(=O)Nc1cc(C(=O)N2CCCC(O)(COc3cc(C)c(Cl)c(C)c3)C2)ccn1. The molecular formula is C22H26ClN3O4. The number of halogens is 1. The number of β-amino-alcohol motifs (C(OH)–C–C–N with tert-alkyl or cyclic N) is 1. The number of ether oxygens (including phenoxy) is 1. The van der Waals surface area contributed by atoms with Gasteiger partial charge in [0.1, 0.15) is 23.8 Å². The van der Waals surface area contributed by atoms with Crippen LogP contribution in [-0.2, 0) is 4.79 Å². The van der Waals surface area contributed by atoms with E-state index in [0.717, 1.165) is 11.1 Å². The Morgan fingerprint density at radius 1 is 1.30 bits per heavy atom. The average molecular weight is 432 g/mol. The minimum absolute atomic E-state index is 0.0742. The fourth-order valence-corrected chi connectivity index (χ4v) is 3.71. The van der Waals surface area contributed by atoms with E-state index in [0.29, 0.717) is 41.5 Å². The lowest BCUT2D eigenvalue weighted by Crippen LogP contribution is -2.53. The molecule has 0 aliphatic carbocycles. The summed E-state index contributed by atoms with van der Waals surface area (Å²) in [6.07, 6.45) is 2.67.